The number of hydrogen-bond acceptors (Lipinski definition) is 4. The van der Waals surface area contributed by atoms with Gasteiger partial charge in [0.25, 0.3) is 0 Å². The van der Waals surface area contributed by atoms with Gasteiger partial charge in [0.05, 0.1) is 11.1 Å². The van der Waals surface area contributed by atoms with Crippen LogP contribution >= 0.6 is 0 Å². The van der Waals surface area contributed by atoms with Gasteiger partial charge in [-0.2, -0.15) is 4.73 Å². The minimum atomic E-state index is -0.768. The summed E-state index contributed by atoms with van der Waals surface area (Å²) in [5.41, 5.74) is 1.67. The molecule has 0 bridgehead atoms. The van der Waals surface area contributed by atoms with Crippen molar-refractivity contribution in [3.63, 3.8) is 0 Å². The topological polar surface area (TPSA) is 62.5 Å². The van der Waals surface area contributed by atoms with E-state index in [0.29, 0.717) is 29.1 Å². The Bertz CT molecular complexity index is 645. The first-order valence-electron chi connectivity index (χ1n) is 9.41. The molecule has 0 aromatic carbocycles. The lowest BCUT2D eigenvalue weighted by Crippen LogP contribution is -2.37. The molecular weight excluding hydrogens is 330 g/mol. The second kappa shape index (κ2) is 9.60. The van der Waals surface area contributed by atoms with E-state index < -0.39 is 11.8 Å². The summed E-state index contributed by atoms with van der Waals surface area (Å²) in [4.78, 5) is 12.2. The molecule has 0 amide bonds. The van der Waals surface area contributed by atoms with Crippen LogP contribution in [0, 0.1) is 19.1 Å². The Labute approximate surface area is 157 Å². The van der Waals surface area contributed by atoms with Crippen LogP contribution in [0.5, 0.6) is 5.75 Å². The Kier molecular flexibility index (Phi) is 8.12. The van der Waals surface area contributed by atoms with Crippen molar-refractivity contribution in [2.75, 3.05) is 0 Å². The fourth-order valence-electron chi connectivity index (χ4n) is 2.89. The molecule has 5 heteroatoms. The van der Waals surface area contributed by atoms with E-state index in [1.54, 1.807) is 40.7 Å². The molecule has 5 nitrogen and oxygen atoms in total. The van der Waals surface area contributed by atoms with Crippen molar-refractivity contribution in [3.05, 3.63) is 34.3 Å². The largest absolute Gasteiger partial charge is 0.618 e. The van der Waals surface area contributed by atoms with Gasteiger partial charge in [-0.25, -0.2) is 4.79 Å². The van der Waals surface area contributed by atoms with Crippen molar-refractivity contribution < 1.29 is 19.0 Å². The first kappa shape index (κ1) is 22.0. The summed E-state index contributed by atoms with van der Waals surface area (Å²) in [7, 11) is 0. The van der Waals surface area contributed by atoms with Crippen LogP contribution in [0.1, 0.15) is 82.3 Å². The monoisotopic (exact) mass is 363 g/mol. The van der Waals surface area contributed by atoms with E-state index in [9.17, 15) is 10.0 Å². The average molecular weight is 363 g/mol. The van der Waals surface area contributed by atoms with Crippen LogP contribution in [0.4, 0.5) is 4.79 Å². The Morgan fingerprint density at radius 3 is 2.31 bits per heavy atom. The van der Waals surface area contributed by atoms with Crippen molar-refractivity contribution in [3.8, 4) is 5.75 Å². The highest BCUT2D eigenvalue weighted by Crippen LogP contribution is 2.31. The number of pyridine rings is 1. The number of carbonyl (C=O) groups is 1. The molecule has 0 aliphatic heterocycles. The van der Waals surface area contributed by atoms with E-state index >= 15 is 0 Å². The first-order chi connectivity index (χ1) is 12.1. The zero-order valence-electron chi connectivity index (χ0n) is 17.1. The normalized spacial score (nSPS) is 11.3. The summed E-state index contributed by atoms with van der Waals surface area (Å²) in [5.74, 6) is 0.395. The fraction of sp³-hybridized carbons (Fsp3) is 0.619. The summed E-state index contributed by atoms with van der Waals surface area (Å²) in [5, 5.41) is 12.5. The highest BCUT2D eigenvalue weighted by atomic mass is 16.7. The molecule has 0 radical (unpaired) electrons. The molecule has 26 heavy (non-hydrogen) atoms. The third-order valence-corrected chi connectivity index (χ3v) is 4.26. The number of hydrogen-bond donors (Lipinski definition) is 0. The number of nitrogens with zero attached hydrogens (tertiary/aromatic N) is 1. The molecule has 0 spiro atoms. The van der Waals surface area contributed by atoms with Gasteiger partial charge in [0.15, 0.2) is 11.4 Å². The fourth-order valence-corrected chi connectivity index (χ4v) is 2.89. The van der Waals surface area contributed by atoms with Gasteiger partial charge in [-0.3, -0.25) is 0 Å². The van der Waals surface area contributed by atoms with Crippen molar-refractivity contribution >= 4 is 12.2 Å². The third-order valence-electron chi connectivity index (χ3n) is 4.26. The average Bonchev–Trinajstić information content (AvgIpc) is 2.54. The molecule has 1 aromatic heterocycles. The number of rotatable bonds is 8. The molecule has 0 aliphatic rings. The van der Waals surface area contributed by atoms with E-state index in [1.807, 2.05) is 0 Å². The molecule has 1 heterocycles. The minimum absolute atomic E-state index is 0.395. The van der Waals surface area contributed by atoms with Crippen LogP contribution in [0.3, 0.4) is 0 Å². The predicted octanol–water partition coefficient (Wildman–Crippen LogP) is 5.41. The Hall–Kier alpha value is -2.04. The predicted molar refractivity (Wildman–Crippen MR) is 104 cm³/mol. The van der Waals surface area contributed by atoms with E-state index in [1.165, 1.54) is 12.8 Å². The maximum atomic E-state index is 12.5. The SMILES string of the molecule is C=Cc1c(OC(=O)OC(C)(C)C)c(CCCCCCC)c(C)[n+]([O-])c1C. The number of carbonyl (C=O) groups excluding carboxylic acids is 1. The van der Waals surface area contributed by atoms with E-state index in [-0.39, 0.29) is 0 Å². The minimum Gasteiger partial charge on any atom is -0.618 e. The van der Waals surface area contributed by atoms with Crippen LogP contribution < -0.4 is 9.47 Å². The van der Waals surface area contributed by atoms with E-state index in [4.69, 9.17) is 9.47 Å². The Morgan fingerprint density at radius 2 is 1.77 bits per heavy atom. The lowest BCUT2D eigenvalue weighted by atomic mass is 9.99. The van der Waals surface area contributed by atoms with E-state index in [2.05, 4.69) is 13.5 Å². The van der Waals surface area contributed by atoms with E-state index in [0.717, 1.165) is 29.6 Å². The molecule has 0 saturated carbocycles. The lowest BCUT2D eigenvalue weighted by Gasteiger charge is -2.21. The molecule has 1 aromatic rings. The van der Waals surface area contributed by atoms with Crippen LogP contribution in [0.15, 0.2) is 6.58 Å². The van der Waals surface area contributed by atoms with Gasteiger partial charge in [-0.1, -0.05) is 45.3 Å². The Morgan fingerprint density at radius 1 is 1.15 bits per heavy atom. The summed E-state index contributed by atoms with van der Waals surface area (Å²) >= 11 is 0. The molecule has 0 saturated heterocycles. The zero-order valence-corrected chi connectivity index (χ0v) is 17.1. The summed E-state index contributed by atoms with van der Waals surface area (Å²) in [6.07, 6.45) is 7.03. The maximum Gasteiger partial charge on any atom is 0.514 e. The highest BCUT2D eigenvalue weighted by molar-refractivity contribution is 5.70. The van der Waals surface area contributed by atoms with Gasteiger partial charge < -0.3 is 14.7 Å². The maximum absolute atomic E-state index is 12.5. The molecule has 0 N–H and O–H groups in total. The van der Waals surface area contributed by atoms with Gasteiger partial charge in [-0.15, -0.1) is 0 Å². The van der Waals surface area contributed by atoms with Crippen LogP contribution in [0.25, 0.3) is 6.08 Å². The summed E-state index contributed by atoms with van der Waals surface area (Å²) in [6.45, 7) is 14.8. The summed E-state index contributed by atoms with van der Waals surface area (Å²) in [6, 6.07) is 0. The van der Waals surface area contributed by atoms with Crippen molar-refractivity contribution in [2.24, 2.45) is 0 Å². The lowest BCUT2D eigenvalue weighted by molar-refractivity contribution is -0.619. The molecule has 0 atom stereocenters. The second-order valence-corrected chi connectivity index (χ2v) is 7.62. The smallest absolute Gasteiger partial charge is 0.514 e. The highest BCUT2D eigenvalue weighted by Gasteiger charge is 2.27. The summed E-state index contributed by atoms with van der Waals surface area (Å²) < 4.78 is 11.7. The van der Waals surface area contributed by atoms with Crippen molar-refractivity contribution in [2.45, 2.75) is 85.7 Å². The van der Waals surface area contributed by atoms with Crippen molar-refractivity contribution in [1.29, 1.82) is 0 Å². The molecule has 146 valence electrons. The number of aromatic nitrogens is 1. The van der Waals surface area contributed by atoms with Crippen LogP contribution in [-0.4, -0.2) is 11.8 Å². The molecule has 1 rings (SSSR count). The zero-order chi connectivity index (χ0) is 19.9. The first-order valence-corrected chi connectivity index (χ1v) is 9.41. The van der Waals surface area contributed by atoms with Gasteiger partial charge in [-0.05, 0) is 33.6 Å². The molecule has 0 aliphatic carbocycles. The number of ether oxygens (including phenoxy) is 2. The molecule has 0 unspecified atom stereocenters. The Balaban J connectivity index is 3.17. The van der Waals surface area contributed by atoms with Gasteiger partial charge in [0.1, 0.15) is 5.60 Å². The van der Waals surface area contributed by atoms with Gasteiger partial charge in [0.2, 0.25) is 5.69 Å². The third kappa shape index (κ3) is 6.04. The van der Waals surface area contributed by atoms with Gasteiger partial charge >= 0.3 is 6.16 Å². The second-order valence-electron chi connectivity index (χ2n) is 7.62. The number of unbranched alkanes of at least 4 members (excludes halogenated alkanes) is 4. The van der Waals surface area contributed by atoms with Crippen molar-refractivity contribution in [1.82, 2.24) is 0 Å². The van der Waals surface area contributed by atoms with Crippen LogP contribution in [-0.2, 0) is 11.2 Å². The molecule has 0 fully saturated rings. The standard InChI is InChI=1S/C21H33NO4/c1-8-10-11-12-13-14-18-16(4)22(24)15(3)17(9-2)19(18)25-20(23)26-21(5,6)7/h9H,2,8,10-14H2,1,3-7H3. The molecular formula is C21H33NO4. The van der Waals surface area contributed by atoms with Gasteiger partial charge in [0, 0.05) is 13.8 Å². The quantitative estimate of drug-likeness (QED) is 0.268. The van der Waals surface area contributed by atoms with Crippen LogP contribution in [0.2, 0.25) is 0 Å².